The zero-order valence-electron chi connectivity index (χ0n) is 11.7. The van der Waals surface area contributed by atoms with Gasteiger partial charge in [-0.15, -0.1) is 0 Å². The molecular formula is C17H21N3. The highest BCUT2D eigenvalue weighted by molar-refractivity contribution is 5.34. The highest BCUT2D eigenvalue weighted by atomic mass is 15.2. The number of likely N-dealkylation sites (tertiary alicyclic amines) is 1. The van der Waals surface area contributed by atoms with Crippen LogP contribution in [0.5, 0.6) is 0 Å². The summed E-state index contributed by atoms with van der Waals surface area (Å²) in [4.78, 5) is 6.92. The molecular weight excluding hydrogens is 246 g/mol. The Hall–Kier alpha value is -1.87. The molecule has 20 heavy (non-hydrogen) atoms. The molecule has 0 bridgehead atoms. The van der Waals surface area contributed by atoms with E-state index in [4.69, 9.17) is 0 Å². The van der Waals surface area contributed by atoms with Crippen LogP contribution in [0.2, 0.25) is 0 Å². The predicted molar refractivity (Wildman–Crippen MR) is 82.7 cm³/mol. The fourth-order valence-corrected chi connectivity index (χ4v) is 2.85. The molecule has 0 aliphatic carbocycles. The number of hydrogen-bond donors (Lipinski definition) is 1. The fraction of sp³-hybridized carbons (Fsp3) is 0.353. The molecule has 0 amide bonds. The zero-order chi connectivity index (χ0) is 13.6. The number of rotatable bonds is 5. The quantitative estimate of drug-likeness (QED) is 0.900. The minimum Gasteiger partial charge on any atom is -0.368 e. The van der Waals surface area contributed by atoms with E-state index < -0.39 is 0 Å². The molecule has 0 saturated carbocycles. The Labute approximate surface area is 120 Å². The topological polar surface area (TPSA) is 28.2 Å². The molecule has 104 valence electrons. The Morgan fingerprint density at radius 1 is 1.00 bits per heavy atom. The molecule has 1 saturated heterocycles. The second-order valence-electron chi connectivity index (χ2n) is 5.27. The molecule has 2 heterocycles. The molecule has 3 heteroatoms. The molecule has 1 aliphatic rings. The minimum atomic E-state index is 0.431. The molecule has 1 atom stereocenters. The number of aromatic nitrogens is 1. The van der Waals surface area contributed by atoms with Gasteiger partial charge in [0.1, 0.15) is 5.82 Å². The van der Waals surface area contributed by atoms with E-state index in [1.54, 1.807) is 0 Å². The summed E-state index contributed by atoms with van der Waals surface area (Å²) in [6.07, 6.45) is 4.45. The van der Waals surface area contributed by atoms with Crippen molar-refractivity contribution in [1.29, 1.82) is 0 Å². The van der Waals surface area contributed by atoms with Crippen LogP contribution in [0.15, 0.2) is 54.7 Å². The summed E-state index contributed by atoms with van der Waals surface area (Å²) >= 11 is 0. The van der Waals surface area contributed by atoms with Crippen molar-refractivity contribution in [3.63, 3.8) is 0 Å². The van der Waals surface area contributed by atoms with Gasteiger partial charge < -0.3 is 5.32 Å². The van der Waals surface area contributed by atoms with E-state index in [1.165, 1.54) is 31.5 Å². The molecule has 3 nitrogen and oxygen atoms in total. The smallest absolute Gasteiger partial charge is 0.125 e. The van der Waals surface area contributed by atoms with Gasteiger partial charge in [-0.1, -0.05) is 36.4 Å². The van der Waals surface area contributed by atoms with Gasteiger partial charge in [-0.3, -0.25) is 4.90 Å². The molecule has 1 aromatic carbocycles. The van der Waals surface area contributed by atoms with E-state index in [9.17, 15) is 0 Å². The van der Waals surface area contributed by atoms with Gasteiger partial charge in [-0.25, -0.2) is 4.98 Å². The molecule has 1 fully saturated rings. The largest absolute Gasteiger partial charge is 0.368 e. The van der Waals surface area contributed by atoms with Crippen molar-refractivity contribution in [2.75, 3.05) is 25.0 Å². The summed E-state index contributed by atoms with van der Waals surface area (Å²) in [5.74, 6) is 0.952. The summed E-state index contributed by atoms with van der Waals surface area (Å²) in [7, 11) is 0. The average Bonchev–Trinajstić information content (AvgIpc) is 3.04. The zero-order valence-corrected chi connectivity index (χ0v) is 11.7. The van der Waals surface area contributed by atoms with Crippen molar-refractivity contribution in [2.45, 2.75) is 18.9 Å². The standard InChI is InChI=1S/C17H21N3/c1-2-8-15(9-3-1)16(20-12-6-7-13-20)14-19-17-10-4-5-11-18-17/h1-5,8-11,16H,6-7,12-14H2,(H,18,19). The lowest BCUT2D eigenvalue weighted by molar-refractivity contribution is 0.256. The summed E-state index contributed by atoms with van der Waals surface area (Å²) in [6, 6.07) is 17.2. The van der Waals surface area contributed by atoms with Crippen LogP contribution in [-0.2, 0) is 0 Å². The van der Waals surface area contributed by atoms with E-state index in [2.05, 4.69) is 45.5 Å². The predicted octanol–water partition coefficient (Wildman–Crippen LogP) is 3.33. The Bertz CT molecular complexity index is 506. The third-order valence-corrected chi connectivity index (χ3v) is 3.91. The maximum absolute atomic E-state index is 4.34. The van der Waals surface area contributed by atoms with Crippen LogP contribution in [-0.4, -0.2) is 29.5 Å². The van der Waals surface area contributed by atoms with Gasteiger partial charge in [-0.2, -0.15) is 0 Å². The van der Waals surface area contributed by atoms with Crippen LogP contribution >= 0.6 is 0 Å². The fourth-order valence-electron chi connectivity index (χ4n) is 2.85. The SMILES string of the molecule is c1ccc(C(CNc2ccccn2)N2CCCC2)cc1. The molecule has 1 unspecified atom stereocenters. The number of anilines is 1. The van der Waals surface area contributed by atoms with E-state index in [1.807, 2.05) is 24.4 Å². The van der Waals surface area contributed by atoms with Gasteiger partial charge in [0.2, 0.25) is 0 Å². The molecule has 1 aliphatic heterocycles. The summed E-state index contributed by atoms with van der Waals surface area (Å²) in [5, 5.41) is 3.47. The number of hydrogen-bond acceptors (Lipinski definition) is 3. The highest BCUT2D eigenvalue weighted by Gasteiger charge is 2.23. The summed E-state index contributed by atoms with van der Waals surface area (Å²) in [6.45, 7) is 3.30. The van der Waals surface area contributed by atoms with Gasteiger partial charge in [0.05, 0.1) is 6.04 Å². The van der Waals surface area contributed by atoms with E-state index in [-0.39, 0.29) is 0 Å². The van der Waals surface area contributed by atoms with Gasteiger partial charge >= 0.3 is 0 Å². The number of pyridine rings is 1. The number of nitrogens with zero attached hydrogens (tertiary/aromatic N) is 2. The maximum Gasteiger partial charge on any atom is 0.125 e. The Kier molecular flexibility index (Phi) is 4.28. The molecule has 0 spiro atoms. The second kappa shape index (κ2) is 6.53. The first kappa shape index (κ1) is 13.1. The van der Waals surface area contributed by atoms with Crippen molar-refractivity contribution in [1.82, 2.24) is 9.88 Å². The van der Waals surface area contributed by atoms with Crippen LogP contribution in [0, 0.1) is 0 Å². The van der Waals surface area contributed by atoms with Crippen molar-refractivity contribution < 1.29 is 0 Å². The molecule has 2 aromatic rings. The normalized spacial score (nSPS) is 17.0. The third-order valence-electron chi connectivity index (χ3n) is 3.91. The molecule has 0 radical (unpaired) electrons. The first-order valence-corrected chi connectivity index (χ1v) is 7.37. The number of nitrogens with one attached hydrogen (secondary N) is 1. The number of benzene rings is 1. The first-order chi connectivity index (χ1) is 9.93. The van der Waals surface area contributed by atoms with Gasteiger partial charge in [0.25, 0.3) is 0 Å². The monoisotopic (exact) mass is 267 g/mol. The Morgan fingerprint density at radius 3 is 2.45 bits per heavy atom. The second-order valence-corrected chi connectivity index (χ2v) is 5.27. The van der Waals surface area contributed by atoms with Crippen LogP contribution < -0.4 is 5.32 Å². The highest BCUT2D eigenvalue weighted by Crippen LogP contribution is 2.25. The molecule has 1 aromatic heterocycles. The average molecular weight is 267 g/mol. The van der Waals surface area contributed by atoms with E-state index in [0.717, 1.165) is 12.4 Å². The minimum absolute atomic E-state index is 0.431. The lowest BCUT2D eigenvalue weighted by Crippen LogP contribution is -2.31. The van der Waals surface area contributed by atoms with Crippen molar-refractivity contribution in [2.24, 2.45) is 0 Å². The van der Waals surface area contributed by atoms with Crippen molar-refractivity contribution >= 4 is 5.82 Å². The first-order valence-electron chi connectivity index (χ1n) is 7.37. The lowest BCUT2D eigenvalue weighted by atomic mass is 10.1. The van der Waals surface area contributed by atoms with Gasteiger partial charge in [-0.05, 0) is 43.6 Å². The van der Waals surface area contributed by atoms with Gasteiger partial charge in [0, 0.05) is 12.7 Å². The summed E-state index contributed by atoms with van der Waals surface area (Å²) in [5.41, 5.74) is 1.39. The van der Waals surface area contributed by atoms with Crippen LogP contribution in [0.3, 0.4) is 0 Å². The van der Waals surface area contributed by atoms with Crippen molar-refractivity contribution in [3.8, 4) is 0 Å². The van der Waals surface area contributed by atoms with E-state index in [0.29, 0.717) is 6.04 Å². The molecule has 3 rings (SSSR count). The van der Waals surface area contributed by atoms with Crippen LogP contribution in [0.25, 0.3) is 0 Å². The van der Waals surface area contributed by atoms with Crippen molar-refractivity contribution in [3.05, 3.63) is 60.3 Å². The molecule has 1 N–H and O–H groups in total. The van der Waals surface area contributed by atoms with Crippen LogP contribution in [0.1, 0.15) is 24.4 Å². The Morgan fingerprint density at radius 2 is 1.75 bits per heavy atom. The lowest BCUT2D eigenvalue weighted by Gasteiger charge is -2.28. The summed E-state index contributed by atoms with van der Waals surface area (Å²) < 4.78 is 0. The Balaban J connectivity index is 1.72. The van der Waals surface area contributed by atoms with E-state index >= 15 is 0 Å². The third kappa shape index (κ3) is 3.17. The van der Waals surface area contributed by atoms with Crippen LogP contribution in [0.4, 0.5) is 5.82 Å². The maximum atomic E-state index is 4.34. The van der Waals surface area contributed by atoms with Gasteiger partial charge in [0.15, 0.2) is 0 Å².